The molecule has 0 radical (unpaired) electrons. The Kier molecular flexibility index (Phi) is 6.04. The van der Waals surface area contributed by atoms with E-state index in [0.717, 1.165) is 35.1 Å². The van der Waals surface area contributed by atoms with Crippen LogP contribution in [0.4, 0.5) is 11.4 Å². The molecule has 0 fully saturated rings. The zero-order valence-corrected chi connectivity index (χ0v) is 16.0. The Morgan fingerprint density at radius 3 is 2.70 bits per heavy atom. The van der Waals surface area contributed by atoms with Crippen LogP contribution in [0.3, 0.4) is 0 Å². The molecule has 0 aliphatic heterocycles. The molecule has 3 rings (SSSR count). The SMILES string of the molecule is CCCN(C)CC(=N)c1c(NCc2ccccc2)cnc2ccc(N)cc12. The molecular weight excluding hydrogens is 334 g/mol. The Balaban J connectivity index is 1.97. The average molecular weight is 361 g/mol. The van der Waals surface area contributed by atoms with Crippen molar-refractivity contribution in [2.45, 2.75) is 19.9 Å². The molecule has 0 aliphatic carbocycles. The summed E-state index contributed by atoms with van der Waals surface area (Å²) in [5, 5.41) is 13.1. The number of nitrogens with two attached hydrogens (primary N) is 1. The van der Waals surface area contributed by atoms with Crippen LogP contribution >= 0.6 is 0 Å². The van der Waals surface area contributed by atoms with Crippen LogP contribution in [0.2, 0.25) is 0 Å². The lowest BCUT2D eigenvalue weighted by Gasteiger charge is -2.20. The lowest BCUT2D eigenvalue weighted by molar-refractivity contribution is 0.381. The first-order valence-corrected chi connectivity index (χ1v) is 9.31. The van der Waals surface area contributed by atoms with Gasteiger partial charge in [0.15, 0.2) is 0 Å². The largest absolute Gasteiger partial charge is 0.399 e. The van der Waals surface area contributed by atoms with Gasteiger partial charge in [-0.15, -0.1) is 0 Å². The molecule has 0 atom stereocenters. The predicted molar refractivity (Wildman–Crippen MR) is 115 cm³/mol. The van der Waals surface area contributed by atoms with Crippen molar-refractivity contribution in [1.29, 1.82) is 5.41 Å². The zero-order chi connectivity index (χ0) is 19.2. The molecule has 0 saturated heterocycles. The van der Waals surface area contributed by atoms with E-state index in [1.165, 1.54) is 5.56 Å². The van der Waals surface area contributed by atoms with E-state index in [1.54, 1.807) is 0 Å². The third kappa shape index (κ3) is 4.63. The third-order valence-corrected chi connectivity index (χ3v) is 4.55. The summed E-state index contributed by atoms with van der Waals surface area (Å²) in [6.45, 7) is 4.37. The summed E-state index contributed by atoms with van der Waals surface area (Å²) in [6.07, 6.45) is 2.89. The maximum Gasteiger partial charge on any atom is 0.0711 e. The van der Waals surface area contributed by atoms with E-state index in [-0.39, 0.29) is 0 Å². The molecule has 2 aromatic carbocycles. The van der Waals surface area contributed by atoms with Gasteiger partial charge in [-0.25, -0.2) is 0 Å². The number of nitrogens with zero attached hydrogens (tertiary/aromatic N) is 2. The van der Waals surface area contributed by atoms with Gasteiger partial charge in [0.25, 0.3) is 0 Å². The smallest absolute Gasteiger partial charge is 0.0711 e. The molecule has 0 amide bonds. The highest BCUT2D eigenvalue weighted by atomic mass is 15.1. The van der Waals surface area contributed by atoms with E-state index in [0.29, 0.717) is 24.5 Å². The summed E-state index contributed by atoms with van der Waals surface area (Å²) >= 11 is 0. The van der Waals surface area contributed by atoms with Gasteiger partial charge >= 0.3 is 0 Å². The van der Waals surface area contributed by atoms with Gasteiger partial charge < -0.3 is 21.4 Å². The Bertz CT molecular complexity index is 921. The van der Waals surface area contributed by atoms with Crippen molar-refractivity contribution in [3.8, 4) is 0 Å². The van der Waals surface area contributed by atoms with E-state index < -0.39 is 0 Å². The zero-order valence-electron chi connectivity index (χ0n) is 16.0. The normalized spacial score (nSPS) is 11.1. The standard InChI is InChI=1S/C22H27N5/c1-3-11-27(2)15-19(24)22-18-12-17(23)9-10-20(18)26-14-21(22)25-13-16-7-5-4-6-8-16/h4-10,12,14,24-25H,3,11,13,15,23H2,1-2H3. The molecule has 5 nitrogen and oxygen atoms in total. The van der Waals surface area contributed by atoms with Crippen molar-refractivity contribution in [1.82, 2.24) is 9.88 Å². The summed E-state index contributed by atoms with van der Waals surface area (Å²) in [5.74, 6) is 0. The Hall–Kier alpha value is -2.92. The number of hydrogen-bond acceptors (Lipinski definition) is 5. The molecule has 0 spiro atoms. The molecule has 3 aromatic rings. The van der Waals surface area contributed by atoms with Crippen molar-refractivity contribution in [3.05, 3.63) is 65.9 Å². The first-order chi connectivity index (χ1) is 13.1. The number of hydrogen-bond donors (Lipinski definition) is 3. The minimum Gasteiger partial charge on any atom is -0.399 e. The number of fused-ring (bicyclic) bond motifs is 1. The van der Waals surface area contributed by atoms with Gasteiger partial charge in [0.2, 0.25) is 0 Å². The highest BCUT2D eigenvalue weighted by Gasteiger charge is 2.15. The second-order valence-electron chi connectivity index (χ2n) is 6.88. The summed E-state index contributed by atoms with van der Waals surface area (Å²) in [5.41, 5.74) is 11.1. The first kappa shape index (κ1) is 18.9. The topological polar surface area (TPSA) is 78.0 Å². The fraction of sp³-hybridized carbons (Fsp3) is 0.273. The molecule has 0 unspecified atom stereocenters. The minimum atomic E-state index is 0.569. The quantitative estimate of drug-likeness (QED) is 0.416. The summed E-state index contributed by atoms with van der Waals surface area (Å²) in [6, 6.07) is 15.9. The molecule has 5 heteroatoms. The summed E-state index contributed by atoms with van der Waals surface area (Å²) < 4.78 is 0. The number of nitrogen functional groups attached to an aromatic ring is 1. The van der Waals surface area contributed by atoms with Gasteiger partial charge in [0.1, 0.15) is 0 Å². The van der Waals surface area contributed by atoms with Crippen LogP contribution in [0.15, 0.2) is 54.7 Å². The predicted octanol–water partition coefficient (Wildman–Crippen LogP) is 4.14. The number of likely N-dealkylation sites (N-methyl/N-ethyl adjacent to an activating group) is 1. The van der Waals surface area contributed by atoms with Crippen LogP contribution < -0.4 is 11.1 Å². The van der Waals surface area contributed by atoms with E-state index in [1.807, 2.05) is 49.6 Å². The van der Waals surface area contributed by atoms with E-state index in [2.05, 4.69) is 34.3 Å². The summed E-state index contributed by atoms with van der Waals surface area (Å²) in [7, 11) is 2.05. The highest BCUT2D eigenvalue weighted by Crippen LogP contribution is 2.27. The molecule has 0 aliphatic rings. The number of aromatic nitrogens is 1. The van der Waals surface area contributed by atoms with Gasteiger partial charge in [0, 0.05) is 29.7 Å². The van der Waals surface area contributed by atoms with Crippen molar-refractivity contribution in [2.24, 2.45) is 0 Å². The molecule has 27 heavy (non-hydrogen) atoms. The minimum absolute atomic E-state index is 0.569. The van der Waals surface area contributed by atoms with Gasteiger partial charge in [-0.3, -0.25) is 4.98 Å². The molecule has 0 bridgehead atoms. The van der Waals surface area contributed by atoms with Crippen molar-refractivity contribution < 1.29 is 0 Å². The number of pyridine rings is 1. The van der Waals surface area contributed by atoms with Gasteiger partial charge in [-0.1, -0.05) is 37.3 Å². The monoisotopic (exact) mass is 361 g/mol. The second-order valence-corrected chi connectivity index (χ2v) is 6.88. The Morgan fingerprint density at radius 2 is 1.96 bits per heavy atom. The van der Waals surface area contributed by atoms with Crippen LogP contribution in [0.5, 0.6) is 0 Å². The van der Waals surface area contributed by atoms with Crippen molar-refractivity contribution in [2.75, 3.05) is 31.2 Å². The van der Waals surface area contributed by atoms with Gasteiger partial charge in [-0.05, 0) is 43.8 Å². The van der Waals surface area contributed by atoms with Gasteiger partial charge in [0.05, 0.1) is 23.1 Å². The second kappa shape index (κ2) is 8.64. The van der Waals surface area contributed by atoms with Crippen LogP contribution in [-0.4, -0.2) is 35.7 Å². The summed E-state index contributed by atoms with van der Waals surface area (Å²) in [4.78, 5) is 6.73. The molecular formula is C22H27N5. The first-order valence-electron chi connectivity index (χ1n) is 9.31. The Morgan fingerprint density at radius 1 is 1.19 bits per heavy atom. The lowest BCUT2D eigenvalue weighted by Crippen LogP contribution is -2.27. The molecule has 4 N–H and O–H groups in total. The molecule has 140 valence electrons. The molecule has 0 saturated carbocycles. The van der Waals surface area contributed by atoms with E-state index >= 15 is 0 Å². The number of rotatable bonds is 8. The van der Waals surface area contributed by atoms with E-state index in [4.69, 9.17) is 11.1 Å². The van der Waals surface area contributed by atoms with Crippen molar-refractivity contribution >= 4 is 28.0 Å². The fourth-order valence-corrected chi connectivity index (χ4v) is 3.27. The van der Waals surface area contributed by atoms with E-state index in [9.17, 15) is 0 Å². The fourth-order valence-electron chi connectivity index (χ4n) is 3.27. The van der Waals surface area contributed by atoms with Gasteiger partial charge in [-0.2, -0.15) is 0 Å². The maximum absolute atomic E-state index is 8.76. The van der Waals surface area contributed by atoms with Crippen LogP contribution in [0.25, 0.3) is 10.9 Å². The van der Waals surface area contributed by atoms with Crippen LogP contribution in [-0.2, 0) is 6.54 Å². The lowest BCUT2D eigenvalue weighted by atomic mass is 10.0. The number of nitrogens with one attached hydrogen (secondary N) is 2. The third-order valence-electron chi connectivity index (χ3n) is 4.55. The molecule has 1 aromatic heterocycles. The highest BCUT2D eigenvalue weighted by molar-refractivity contribution is 6.14. The number of benzene rings is 2. The maximum atomic E-state index is 8.76. The molecule has 1 heterocycles. The number of anilines is 2. The Labute approximate surface area is 160 Å². The van der Waals surface area contributed by atoms with Crippen LogP contribution in [0, 0.1) is 5.41 Å². The van der Waals surface area contributed by atoms with Crippen LogP contribution in [0.1, 0.15) is 24.5 Å². The average Bonchev–Trinajstić information content (AvgIpc) is 2.66. The van der Waals surface area contributed by atoms with Crippen molar-refractivity contribution in [3.63, 3.8) is 0 Å².